The van der Waals surface area contributed by atoms with Crippen LogP contribution in [0.3, 0.4) is 0 Å². The Hall–Kier alpha value is -3.79. The molecule has 7 nitrogen and oxygen atoms in total. The lowest BCUT2D eigenvalue weighted by Crippen LogP contribution is -2.22. The SMILES string of the molecule is COc1cc(Nc2cc(C(C)(C)O)n(Cc3cc(F)c(F)c(F)c3)n2)ccc1-c1nc(C)c[nH]1. The molecule has 0 aliphatic heterocycles. The highest BCUT2D eigenvalue weighted by molar-refractivity contribution is 5.70. The summed E-state index contributed by atoms with van der Waals surface area (Å²) < 4.78 is 47.6. The first-order valence-corrected chi connectivity index (χ1v) is 10.5. The molecule has 4 aromatic rings. The van der Waals surface area contributed by atoms with Gasteiger partial charge in [0.25, 0.3) is 0 Å². The number of aromatic amines is 1. The average Bonchev–Trinajstić information content (AvgIpc) is 3.37. The van der Waals surface area contributed by atoms with Gasteiger partial charge in [0.15, 0.2) is 23.3 Å². The Bertz CT molecular complexity index is 1320. The maximum absolute atomic E-state index is 13.7. The number of nitrogens with one attached hydrogen (secondary N) is 2. The number of hydrogen-bond donors (Lipinski definition) is 3. The summed E-state index contributed by atoms with van der Waals surface area (Å²) in [6, 6.07) is 8.89. The molecule has 4 rings (SSSR count). The summed E-state index contributed by atoms with van der Waals surface area (Å²) in [5.41, 5.74) is 1.55. The molecule has 34 heavy (non-hydrogen) atoms. The zero-order chi connectivity index (χ0) is 24.6. The van der Waals surface area contributed by atoms with Crippen molar-refractivity contribution in [2.45, 2.75) is 32.9 Å². The van der Waals surface area contributed by atoms with E-state index in [1.165, 1.54) is 4.68 Å². The summed E-state index contributed by atoms with van der Waals surface area (Å²) >= 11 is 0. The van der Waals surface area contributed by atoms with Crippen molar-refractivity contribution in [3.05, 3.63) is 77.0 Å². The molecule has 0 fully saturated rings. The number of nitrogens with zero attached hydrogens (tertiary/aromatic N) is 3. The second kappa shape index (κ2) is 8.86. The van der Waals surface area contributed by atoms with E-state index in [2.05, 4.69) is 20.4 Å². The van der Waals surface area contributed by atoms with Crippen LogP contribution in [0.25, 0.3) is 11.4 Å². The van der Waals surface area contributed by atoms with Gasteiger partial charge in [0.05, 0.1) is 30.6 Å². The van der Waals surface area contributed by atoms with Gasteiger partial charge in [-0.15, -0.1) is 0 Å². The second-order valence-corrected chi connectivity index (χ2v) is 8.44. The summed E-state index contributed by atoms with van der Waals surface area (Å²) in [7, 11) is 1.56. The minimum absolute atomic E-state index is 0.0742. The number of methoxy groups -OCH3 is 1. The normalized spacial score (nSPS) is 11.6. The number of aliphatic hydroxyl groups is 1. The van der Waals surface area contributed by atoms with Gasteiger partial charge in [-0.05, 0) is 50.6 Å². The molecular weight excluding hydrogens is 447 g/mol. The number of aryl methyl sites for hydroxylation is 1. The fourth-order valence-corrected chi connectivity index (χ4v) is 3.63. The summed E-state index contributed by atoms with van der Waals surface area (Å²) in [6.07, 6.45) is 1.80. The number of ether oxygens (including phenoxy) is 1. The van der Waals surface area contributed by atoms with Gasteiger partial charge in [-0.1, -0.05) is 0 Å². The van der Waals surface area contributed by atoms with Crippen LogP contribution in [0.2, 0.25) is 0 Å². The first-order valence-electron chi connectivity index (χ1n) is 10.5. The smallest absolute Gasteiger partial charge is 0.194 e. The lowest BCUT2D eigenvalue weighted by molar-refractivity contribution is 0.0688. The van der Waals surface area contributed by atoms with E-state index in [1.807, 2.05) is 19.1 Å². The highest BCUT2D eigenvalue weighted by atomic mass is 19.2. The largest absolute Gasteiger partial charge is 0.496 e. The van der Waals surface area contributed by atoms with Crippen molar-refractivity contribution in [2.24, 2.45) is 0 Å². The van der Waals surface area contributed by atoms with Crippen molar-refractivity contribution in [3.8, 4) is 17.1 Å². The summed E-state index contributed by atoms with van der Waals surface area (Å²) in [5.74, 6) is -2.46. The molecule has 2 aromatic carbocycles. The molecular formula is C24H24F3N5O2. The van der Waals surface area contributed by atoms with E-state index in [0.717, 1.165) is 23.4 Å². The van der Waals surface area contributed by atoms with Crippen LogP contribution in [-0.4, -0.2) is 32.0 Å². The Morgan fingerprint density at radius 1 is 1.12 bits per heavy atom. The lowest BCUT2D eigenvalue weighted by Gasteiger charge is -2.19. The van der Waals surface area contributed by atoms with Crippen molar-refractivity contribution >= 4 is 11.5 Å². The predicted molar refractivity (Wildman–Crippen MR) is 121 cm³/mol. The number of H-pyrrole nitrogens is 1. The van der Waals surface area contributed by atoms with Gasteiger partial charge >= 0.3 is 0 Å². The minimum Gasteiger partial charge on any atom is -0.496 e. The number of rotatable bonds is 7. The Labute approximate surface area is 194 Å². The molecule has 0 aliphatic rings. The average molecular weight is 471 g/mol. The van der Waals surface area contributed by atoms with Crippen molar-refractivity contribution in [1.82, 2.24) is 19.7 Å². The van der Waals surface area contributed by atoms with E-state index in [-0.39, 0.29) is 12.1 Å². The van der Waals surface area contributed by atoms with Crippen LogP contribution in [0, 0.1) is 24.4 Å². The van der Waals surface area contributed by atoms with Crippen molar-refractivity contribution in [2.75, 3.05) is 12.4 Å². The molecule has 2 aromatic heterocycles. The summed E-state index contributed by atoms with van der Waals surface area (Å²) in [6.45, 7) is 4.95. The van der Waals surface area contributed by atoms with Crippen LogP contribution in [-0.2, 0) is 12.1 Å². The first-order chi connectivity index (χ1) is 16.0. The van der Waals surface area contributed by atoms with Crippen molar-refractivity contribution in [3.63, 3.8) is 0 Å². The third kappa shape index (κ3) is 4.76. The molecule has 0 saturated heterocycles. The van der Waals surface area contributed by atoms with Crippen molar-refractivity contribution in [1.29, 1.82) is 0 Å². The first kappa shape index (κ1) is 23.4. The maximum atomic E-state index is 13.7. The van der Waals surface area contributed by atoms with Gasteiger partial charge < -0.3 is 20.1 Å². The van der Waals surface area contributed by atoms with Crippen LogP contribution in [0.15, 0.2) is 42.6 Å². The fourth-order valence-electron chi connectivity index (χ4n) is 3.63. The molecule has 0 radical (unpaired) electrons. The predicted octanol–water partition coefficient (Wildman–Crippen LogP) is 5.03. The molecule has 0 spiro atoms. The number of aromatic nitrogens is 4. The Balaban J connectivity index is 1.65. The van der Waals surface area contributed by atoms with E-state index in [0.29, 0.717) is 28.8 Å². The lowest BCUT2D eigenvalue weighted by atomic mass is 10.1. The van der Waals surface area contributed by atoms with Crippen LogP contribution in [0.4, 0.5) is 24.7 Å². The van der Waals surface area contributed by atoms with Crippen LogP contribution in [0.1, 0.15) is 30.8 Å². The molecule has 0 bridgehead atoms. The molecule has 2 heterocycles. The van der Waals surface area contributed by atoms with Crippen LogP contribution >= 0.6 is 0 Å². The molecule has 0 atom stereocenters. The van der Waals surface area contributed by atoms with E-state index in [9.17, 15) is 18.3 Å². The maximum Gasteiger partial charge on any atom is 0.194 e. The third-order valence-corrected chi connectivity index (χ3v) is 5.22. The molecule has 0 saturated carbocycles. The highest BCUT2D eigenvalue weighted by Crippen LogP contribution is 2.32. The Kier molecular flexibility index (Phi) is 6.09. The van der Waals surface area contributed by atoms with Crippen molar-refractivity contribution < 1.29 is 23.0 Å². The van der Waals surface area contributed by atoms with Gasteiger partial charge in [-0.25, -0.2) is 18.2 Å². The van der Waals surface area contributed by atoms with E-state index in [1.54, 1.807) is 39.3 Å². The minimum atomic E-state index is -1.53. The topological polar surface area (TPSA) is 88.0 Å². The number of imidazole rings is 1. The van der Waals surface area contributed by atoms with Gasteiger partial charge in [-0.2, -0.15) is 5.10 Å². The number of hydrogen-bond acceptors (Lipinski definition) is 5. The number of halogens is 3. The van der Waals surface area contributed by atoms with Crippen LogP contribution in [0.5, 0.6) is 5.75 Å². The quantitative estimate of drug-likeness (QED) is 0.329. The van der Waals surface area contributed by atoms with E-state index in [4.69, 9.17) is 4.74 Å². The highest BCUT2D eigenvalue weighted by Gasteiger charge is 2.24. The molecule has 0 aliphatic carbocycles. The van der Waals surface area contributed by atoms with E-state index < -0.39 is 23.1 Å². The second-order valence-electron chi connectivity index (χ2n) is 8.44. The van der Waals surface area contributed by atoms with Gasteiger partial charge in [0.2, 0.25) is 0 Å². The summed E-state index contributed by atoms with van der Waals surface area (Å²) in [5, 5.41) is 18.2. The number of benzene rings is 2. The molecule has 0 unspecified atom stereocenters. The zero-order valence-corrected chi connectivity index (χ0v) is 19.1. The van der Waals surface area contributed by atoms with Gasteiger partial charge in [0, 0.05) is 24.0 Å². The Morgan fingerprint density at radius 2 is 1.82 bits per heavy atom. The third-order valence-electron chi connectivity index (χ3n) is 5.22. The van der Waals surface area contributed by atoms with E-state index >= 15 is 0 Å². The molecule has 0 amide bonds. The Morgan fingerprint density at radius 3 is 2.41 bits per heavy atom. The van der Waals surface area contributed by atoms with Gasteiger partial charge in [0.1, 0.15) is 17.2 Å². The fraction of sp³-hybridized carbons (Fsp3) is 0.250. The molecule has 3 N–H and O–H groups in total. The monoisotopic (exact) mass is 471 g/mol. The zero-order valence-electron chi connectivity index (χ0n) is 19.1. The standard InChI is InChI=1S/C24H24F3N5O2/c1-13-11-28-23(29-13)16-6-5-15(9-19(16)34-4)30-21-10-20(24(2,3)33)32(31-21)12-14-7-17(25)22(27)18(26)8-14/h5-11,33H,12H2,1-4H3,(H,28,29)(H,30,31). The molecule has 10 heteroatoms. The molecule has 178 valence electrons. The number of anilines is 2. The van der Waals surface area contributed by atoms with Gasteiger partial charge in [-0.3, -0.25) is 4.68 Å². The summed E-state index contributed by atoms with van der Waals surface area (Å²) in [4.78, 5) is 7.52. The van der Waals surface area contributed by atoms with Crippen LogP contribution < -0.4 is 10.1 Å².